The highest BCUT2D eigenvalue weighted by Crippen LogP contribution is 2.36. The fraction of sp³-hybridized carbons (Fsp3) is 0.200. The molecule has 1 aromatic carbocycles. The van der Waals surface area contributed by atoms with Crippen molar-refractivity contribution in [2.45, 2.75) is 11.5 Å². The van der Waals surface area contributed by atoms with Gasteiger partial charge in [0, 0.05) is 15.2 Å². The Balaban J connectivity index is 2.74. The third-order valence-electron chi connectivity index (χ3n) is 2.05. The van der Waals surface area contributed by atoms with Gasteiger partial charge >= 0.3 is 0 Å². The van der Waals surface area contributed by atoms with Crippen LogP contribution in [0.3, 0.4) is 0 Å². The molecular weight excluding hydrogens is 216 g/mol. The van der Waals surface area contributed by atoms with Crippen molar-refractivity contribution < 1.29 is 9.84 Å². The molecule has 0 atom stereocenters. The van der Waals surface area contributed by atoms with Crippen molar-refractivity contribution in [2.75, 3.05) is 7.11 Å². The number of ether oxygens (including phenoxy) is 1. The molecule has 2 rings (SSSR count). The predicted octanol–water partition coefficient (Wildman–Crippen LogP) is 2.69. The molecule has 14 heavy (non-hydrogen) atoms. The number of thiophene rings is 1. The van der Waals surface area contributed by atoms with E-state index in [1.165, 1.54) is 0 Å². The second-order valence-corrected chi connectivity index (χ2v) is 4.52. The van der Waals surface area contributed by atoms with Crippen LogP contribution in [0.25, 0.3) is 10.1 Å². The van der Waals surface area contributed by atoms with Gasteiger partial charge in [-0.2, -0.15) is 0 Å². The summed E-state index contributed by atoms with van der Waals surface area (Å²) in [7, 11) is 1.64. The Morgan fingerprint density at radius 3 is 2.93 bits per heavy atom. The molecule has 2 aromatic rings. The number of rotatable bonds is 2. The Morgan fingerprint density at radius 1 is 1.50 bits per heavy atom. The SMILES string of the molecule is COc1ccc(S)c2sc(CO)cc12. The molecule has 0 saturated carbocycles. The molecule has 0 aliphatic rings. The summed E-state index contributed by atoms with van der Waals surface area (Å²) in [6.45, 7) is 0.0652. The van der Waals surface area contributed by atoms with Gasteiger partial charge in [0.1, 0.15) is 5.75 Å². The Labute approximate surface area is 91.5 Å². The maximum absolute atomic E-state index is 9.04. The maximum atomic E-state index is 9.04. The molecule has 0 aliphatic heterocycles. The first-order valence-electron chi connectivity index (χ1n) is 4.15. The highest BCUT2D eigenvalue weighted by Gasteiger charge is 2.08. The molecule has 0 spiro atoms. The highest BCUT2D eigenvalue weighted by molar-refractivity contribution is 7.80. The summed E-state index contributed by atoms with van der Waals surface area (Å²) >= 11 is 5.91. The lowest BCUT2D eigenvalue weighted by atomic mass is 10.2. The molecule has 1 aromatic heterocycles. The summed E-state index contributed by atoms with van der Waals surface area (Å²) in [6.07, 6.45) is 0. The van der Waals surface area contributed by atoms with E-state index >= 15 is 0 Å². The van der Waals surface area contributed by atoms with Gasteiger partial charge in [-0.3, -0.25) is 0 Å². The molecule has 0 radical (unpaired) electrons. The van der Waals surface area contributed by atoms with Crippen LogP contribution in [0.5, 0.6) is 5.75 Å². The van der Waals surface area contributed by atoms with E-state index in [4.69, 9.17) is 9.84 Å². The molecule has 2 nitrogen and oxygen atoms in total. The van der Waals surface area contributed by atoms with E-state index in [0.717, 1.165) is 25.6 Å². The molecule has 74 valence electrons. The summed E-state index contributed by atoms with van der Waals surface area (Å²) < 4.78 is 6.30. The number of hydrogen-bond donors (Lipinski definition) is 2. The maximum Gasteiger partial charge on any atom is 0.127 e. The number of aliphatic hydroxyl groups excluding tert-OH is 1. The number of aliphatic hydroxyl groups is 1. The first-order valence-corrected chi connectivity index (χ1v) is 5.42. The molecular formula is C10H10O2S2. The van der Waals surface area contributed by atoms with E-state index in [-0.39, 0.29) is 6.61 Å². The predicted molar refractivity (Wildman–Crippen MR) is 61.6 cm³/mol. The van der Waals surface area contributed by atoms with Crippen molar-refractivity contribution in [3.8, 4) is 5.75 Å². The second-order valence-electron chi connectivity index (χ2n) is 2.90. The average molecular weight is 226 g/mol. The van der Waals surface area contributed by atoms with Crippen LogP contribution in [0.2, 0.25) is 0 Å². The molecule has 1 heterocycles. The molecule has 0 saturated heterocycles. The van der Waals surface area contributed by atoms with Crippen molar-refractivity contribution in [2.24, 2.45) is 0 Å². The summed E-state index contributed by atoms with van der Waals surface area (Å²) in [5.74, 6) is 0.828. The van der Waals surface area contributed by atoms with Crippen molar-refractivity contribution in [3.05, 3.63) is 23.1 Å². The zero-order valence-corrected chi connectivity index (χ0v) is 9.36. The largest absolute Gasteiger partial charge is 0.496 e. The Kier molecular flexibility index (Phi) is 2.67. The Morgan fingerprint density at radius 2 is 2.29 bits per heavy atom. The summed E-state index contributed by atoms with van der Waals surface area (Å²) in [5, 5.41) is 10.1. The molecule has 0 fully saturated rings. The fourth-order valence-electron chi connectivity index (χ4n) is 1.39. The smallest absolute Gasteiger partial charge is 0.127 e. The number of methoxy groups -OCH3 is 1. The minimum absolute atomic E-state index is 0.0652. The Bertz CT molecular complexity index is 462. The van der Waals surface area contributed by atoms with E-state index in [1.54, 1.807) is 18.4 Å². The van der Waals surface area contributed by atoms with Gasteiger partial charge in [0.15, 0.2) is 0 Å². The quantitative estimate of drug-likeness (QED) is 0.771. The first kappa shape index (κ1) is 9.83. The first-order chi connectivity index (χ1) is 6.76. The Hall–Kier alpha value is -0.710. The number of thiol groups is 1. The minimum atomic E-state index is 0.0652. The third-order valence-corrected chi connectivity index (χ3v) is 3.73. The molecule has 0 bridgehead atoms. The van der Waals surface area contributed by atoms with Gasteiger partial charge in [0.05, 0.1) is 18.4 Å². The molecule has 1 N–H and O–H groups in total. The van der Waals surface area contributed by atoms with Crippen LogP contribution in [0, 0.1) is 0 Å². The van der Waals surface area contributed by atoms with Crippen LogP contribution in [0.4, 0.5) is 0 Å². The lowest BCUT2D eigenvalue weighted by Crippen LogP contribution is -1.82. The standard InChI is InChI=1S/C10H10O2S2/c1-12-8-2-3-9(13)10-7(8)4-6(5-11)14-10/h2-4,11,13H,5H2,1H3. The third kappa shape index (κ3) is 1.49. The number of fused-ring (bicyclic) bond motifs is 1. The van der Waals surface area contributed by atoms with Gasteiger partial charge in [-0.05, 0) is 18.2 Å². The van der Waals surface area contributed by atoms with Gasteiger partial charge in [-0.15, -0.1) is 24.0 Å². The van der Waals surface area contributed by atoms with E-state index < -0.39 is 0 Å². The fourth-order valence-corrected chi connectivity index (χ4v) is 2.67. The van der Waals surface area contributed by atoms with Gasteiger partial charge in [0.25, 0.3) is 0 Å². The van der Waals surface area contributed by atoms with Gasteiger partial charge in [0.2, 0.25) is 0 Å². The van der Waals surface area contributed by atoms with Crippen LogP contribution in [0.15, 0.2) is 23.1 Å². The summed E-state index contributed by atoms with van der Waals surface area (Å²) in [4.78, 5) is 1.85. The summed E-state index contributed by atoms with van der Waals surface area (Å²) in [5.41, 5.74) is 0. The summed E-state index contributed by atoms with van der Waals surface area (Å²) in [6, 6.07) is 5.74. The molecule has 0 aliphatic carbocycles. The van der Waals surface area contributed by atoms with E-state index in [0.29, 0.717) is 0 Å². The van der Waals surface area contributed by atoms with Crippen molar-refractivity contribution >= 4 is 34.1 Å². The number of hydrogen-bond acceptors (Lipinski definition) is 4. The lowest BCUT2D eigenvalue weighted by molar-refractivity contribution is 0.285. The van der Waals surface area contributed by atoms with E-state index in [9.17, 15) is 0 Å². The van der Waals surface area contributed by atoms with Crippen LogP contribution < -0.4 is 4.74 Å². The van der Waals surface area contributed by atoms with Gasteiger partial charge < -0.3 is 9.84 Å². The normalized spacial score (nSPS) is 10.8. The van der Waals surface area contributed by atoms with Crippen LogP contribution >= 0.6 is 24.0 Å². The van der Waals surface area contributed by atoms with Crippen LogP contribution in [-0.4, -0.2) is 12.2 Å². The van der Waals surface area contributed by atoms with Crippen molar-refractivity contribution in [3.63, 3.8) is 0 Å². The molecule has 0 unspecified atom stereocenters. The lowest BCUT2D eigenvalue weighted by Gasteiger charge is -2.01. The second kappa shape index (κ2) is 3.81. The van der Waals surface area contributed by atoms with E-state index in [1.807, 2.05) is 18.2 Å². The minimum Gasteiger partial charge on any atom is -0.496 e. The zero-order chi connectivity index (χ0) is 10.1. The molecule has 4 heteroatoms. The van der Waals surface area contributed by atoms with Crippen molar-refractivity contribution in [1.82, 2.24) is 0 Å². The van der Waals surface area contributed by atoms with Gasteiger partial charge in [-0.1, -0.05) is 0 Å². The van der Waals surface area contributed by atoms with Gasteiger partial charge in [-0.25, -0.2) is 0 Å². The van der Waals surface area contributed by atoms with Crippen LogP contribution in [0.1, 0.15) is 4.88 Å². The van der Waals surface area contributed by atoms with Crippen molar-refractivity contribution in [1.29, 1.82) is 0 Å². The van der Waals surface area contributed by atoms with Crippen LogP contribution in [-0.2, 0) is 6.61 Å². The highest BCUT2D eigenvalue weighted by atomic mass is 32.1. The topological polar surface area (TPSA) is 29.5 Å². The number of benzene rings is 1. The van der Waals surface area contributed by atoms with E-state index in [2.05, 4.69) is 12.6 Å². The average Bonchev–Trinajstić information content (AvgIpc) is 2.63. The monoisotopic (exact) mass is 226 g/mol. The molecule has 0 amide bonds. The zero-order valence-electron chi connectivity index (χ0n) is 7.65.